The second kappa shape index (κ2) is 5.73. The molecule has 1 N–H and O–H groups in total. The smallest absolute Gasteiger partial charge is 0.283 e. The highest BCUT2D eigenvalue weighted by molar-refractivity contribution is 8.13. The molecule has 0 saturated heterocycles. The first-order valence-electron chi connectivity index (χ1n) is 5.74. The van der Waals surface area contributed by atoms with Gasteiger partial charge in [-0.05, 0) is 41.1 Å². The van der Waals surface area contributed by atoms with Gasteiger partial charge in [0.15, 0.2) is 0 Å². The van der Waals surface area contributed by atoms with Gasteiger partial charge in [0.05, 0.1) is 0 Å². The van der Waals surface area contributed by atoms with Crippen molar-refractivity contribution in [2.45, 2.75) is 18.2 Å². The summed E-state index contributed by atoms with van der Waals surface area (Å²) in [5, 5.41) is 5.24. The maximum Gasteiger partial charge on any atom is 0.283 e. The molecule has 0 aliphatic heterocycles. The number of thioether (sulfide) groups is 1. The number of carbonyl (C=O) groups excluding carboxylic acids is 1. The number of hydrogen-bond acceptors (Lipinski definition) is 2. The summed E-state index contributed by atoms with van der Waals surface area (Å²) >= 11 is 1.25. The molecule has 2 aromatic rings. The van der Waals surface area contributed by atoms with Gasteiger partial charge in [-0.25, -0.2) is 0 Å². The summed E-state index contributed by atoms with van der Waals surface area (Å²) in [5.41, 5.74) is 0. The first-order valence-corrected chi connectivity index (χ1v) is 6.55. The normalized spacial score (nSPS) is 10.4. The van der Waals surface area contributed by atoms with Gasteiger partial charge in [0, 0.05) is 11.4 Å². The molecular weight excluding hydrogens is 230 g/mol. The standard InChI is InChI=1S/C14H15NOS/c1-2-9-15-14(16)17-13-8-7-11-5-3-4-6-12(11)10-13/h3-8,10H,2,9H2,1H3,(H,15,16). The highest BCUT2D eigenvalue weighted by atomic mass is 32.2. The molecule has 2 nitrogen and oxygen atoms in total. The second-order valence-electron chi connectivity index (χ2n) is 3.83. The van der Waals surface area contributed by atoms with E-state index in [-0.39, 0.29) is 5.24 Å². The minimum atomic E-state index is 0.0159. The summed E-state index contributed by atoms with van der Waals surface area (Å²) in [4.78, 5) is 12.5. The van der Waals surface area contributed by atoms with Crippen LogP contribution >= 0.6 is 11.8 Å². The molecule has 0 heterocycles. The van der Waals surface area contributed by atoms with Gasteiger partial charge >= 0.3 is 0 Å². The third-order valence-electron chi connectivity index (χ3n) is 2.45. The van der Waals surface area contributed by atoms with E-state index < -0.39 is 0 Å². The van der Waals surface area contributed by atoms with Crippen LogP contribution < -0.4 is 5.32 Å². The monoisotopic (exact) mass is 245 g/mol. The molecule has 88 valence electrons. The van der Waals surface area contributed by atoms with Crippen LogP contribution in [0.1, 0.15) is 13.3 Å². The third-order valence-corrected chi connectivity index (χ3v) is 3.27. The van der Waals surface area contributed by atoms with Crippen molar-refractivity contribution in [2.24, 2.45) is 0 Å². The number of benzene rings is 2. The van der Waals surface area contributed by atoms with E-state index in [1.54, 1.807) is 0 Å². The Labute approximate surface area is 105 Å². The van der Waals surface area contributed by atoms with Crippen molar-refractivity contribution in [1.29, 1.82) is 0 Å². The van der Waals surface area contributed by atoms with Crippen molar-refractivity contribution in [3.63, 3.8) is 0 Å². The molecule has 0 aliphatic rings. The molecule has 3 heteroatoms. The number of amides is 1. The molecule has 0 spiro atoms. The Morgan fingerprint density at radius 2 is 1.94 bits per heavy atom. The van der Waals surface area contributed by atoms with Crippen molar-refractivity contribution < 1.29 is 4.79 Å². The first-order chi connectivity index (χ1) is 8.29. The summed E-state index contributed by atoms with van der Waals surface area (Å²) < 4.78 is 0. The van der Waals surface area contributed by atoms with E-state index in [0.29, 0.717) is 0 Å². The lowest BCUT2D eigenvalue weighted by Gasteiger charge is -2.04. The van der Waals surface area contributed by atoms with Gasteiger partial charge in [0.1, 0.15) is 0 Å². The summed E-state index contributed by atoms with van der Waals surface area (Å²) in [6, 6.07) is 14.2. The zero-order valence-corrected chi connectivity index (χ0v) is 10.6. The summed E-state index contributed by atoms with van der Waals surface area (Å²) in [7, 11) is 0. The predicted molar refractivity (Wildman–Crippen MR) is 73.5 cm³/mol. The lowest BCUT2D eigenvalue weighted by atomic mass is 10.1. The highest BCUT2D eigenvalue weighted by Crippen LogP contribution is 2.23. The Bertz CT molecular complexity index is 524. The zero-order valence-electron chi connectivity index (χ0n) is 9.77. The summed E-state index contributed by atoms with van der Waals surface area (Å²) in [6.07, 6.45) is 0.962. The van der Waals surface area contributed by atoms with Crippen molar-refractivity contribution in [2.75, 3.05) is 6.54 Å². The van der Waals surface area contributed by atoms with E-state index in [9.17, 15) is 4.79 Å². The molecule has 0 aromatic heterocycles. The molecule has 2 aromatic carbocycles. The molecule has 0 radical (unpaired) electrons. The maximum atomic E-state index is 11.6. The van der Waals surface area contributed by atoms with Crippen LogP contribution in [0.2, 0.25) is 0 Å². The number of hydrogen-bond donors (Lipinski definition) is 1. The molecule has 0 fully saturated rings. The Kier molecular flexibility index (Phi) is 4.04. The zero-order chi connectivity index (χ0) is 12.1. The van der Waals surface area contributed by atoms with E-state index in [4.69, 9.17) is 0 Å². The Morgan fingerprint density at radius 3 is 2.71 bits per heavy atom. The summed E-state index contributed by atoms with van der Waals surface area (Å²) in [5.74, 6) is 0. The van der Waals surface area contributed by atoms with Gasteiger partial charge in [-0.2, -0.15) is 0 Å². The van der Waals surface area contributed by atoms with E-state index in [1.165, 1.54) is 22.5 Å². The van der Waals surface area contributed by atoms with Gasteiger partial charge < -0.3 is 5.32 Å². The lowest BCUT2D eigenvalue weighted by Crippen LogP contribution is -2.18. The first kappa shape index (κ1) is 12.0. The SMILES string of the molecule is CCCNC(=O)Sc1ccc2ccccc2c1. The average Bonchev–Trinajstić information content (AvgIpc) is 2.36. The largest absolute Gasteiger partial charge is 0.347 e. The van der Waals surface area contributed by atoms with Crippen LogP contribution in [0.4, 0.5) is 4.79 Å². The molecule has 0 unspecified atom stereocenters. The van der Waals surface area contributed by atoms with Crippen molar-refractivity contribution in [1.82, 2.24) is 5.32 Å². The van der Waals surface area contributed by atoms with E-state index in [1.807, 2.05) is 37.3 Å². The number of rotatable bonds is 3. The average molecular weight is 245 g/mol. The van der Waals surface area contributed by atoms with E-state index in [0.717, 1.165) is 17.9 Å². The van der Waals surface area contributed by atoms with E-state index in [2.05, 4.69) is 17.4 Å². The molecule has 0 atom stereocenters. The third kappa shape index (κ3) is 3.24. The van der Waals surface area contributed by atoms with Gasteiger partial charge in [-0.3, -0.25) is 4.79 Å². The van der Waals surface area contributed by atoms with Crippen LogP contribution in [-0.2, 0) is 0 Å². The fourth-order valence-corrected chi connectivity index (χ4v) is 2.31. The maximum absolute atomic E-state index is 11.6. The predicted octanol–water partition coefficient (Wildman–Crippen LogP) is 4.05. The fraction of sp³-hybridized carbons (Fsp3) is 0.214. The lowest BCUT2D eigenvalue weighted by molar-refractivity contribution is 0.260. The van der Waals surface area contributed by atoms with Crippen LogP contribution in [0, 0.1) is 0 Å². The molecule has 2 rings (SSSR count). The fourth-order valence-electron chi connectivity index (χ4n) is 1.60. The molecule has 1 amide bonds. The Balaban J connectivity index is 2.11. The van der Waals surface area contributed by atoms with Gasteiger partial charge in [-0.1, -0.05) is 37.3 Å². The second-order valence-corrected chi connectivity index (χ2v) is 4.87. The quantitative estimate of drug-likeness (QED) is 0.826. The van der Waals surface area contributed by atoms with Crippen molar-refractivity contribution in [3.05, 3.63) is 42.5 Å². The highest BCUT2D eigenvalue weighted by Gasteiger charge is 2.03. The van der Waals surface area contributed by atoms with Crippen LogP contribution in [0.15, 0.2) is 47.4 Å². The molecular formula is C14H15NOS. The van der Waals surface area contributed by atoms with Gasteiger partial charge in [0.2, 0.25) is 0 Å². The van der Waals surface area contributed by atoms with Gasteiger partial charge in [0.25, 0.3) is 5.24 Å². The molecule has 0 aliphatic carbocycles. The summed E-state index contributed by atoms with van der Waals surface area (Å²) in [6.45, 7) is 2.78. The number of carbonyl (C=O) groups is 1. The van der Waals surface area contributed by atoms with Gasteiger partial charge in [-0.15, -0.1) is 0 Å². The minimum absolute atomic E-state index is 0.0159. The number of nitrogens with one attached hydrogen (secondary N) is 1. The molecule has 0 bridgehead atoms. The Hall–Kier alpha value is -1.48. The van der Waals surface area contributed by atoms with E-state index >= 15 is 0 Å². The van der Waals surface area contributed by atoms with Crippen LogP contribution in [-0.4, -0.2) is 11.8 Å². The van der Waals surface area contributed by atoms with Crippen LogP contribution in [0.3, 0.4) is 0 Å². The van der Waals surface area contributed by atoms with Crippen molar-refractivity contribution >= 4 is 27.8 Å². The topological polar surface area (TPSA) is 29.1 Å². The van der Waals surface area contributed by atoms with Crippen molar-refractivity contribution in [3.8, 4) is 0 Å². The minimum Gasteiger partial charge on any atom is -0.347 e. The van der Waals surface area contributed by atoms with Crippen LogP contribution in [0.25, 0.3) is 10.8 Å². The molecule has 0 saturated carbocycles. The number of fused-ring (bicyclic) bond motifs is 1. The molecule has 17 heavy (non-hydrogen) atoms. The van der Waals surface area contributed by atoms with Crippen LogP contribution in [0.5, 0.6) is 0 Å². The Morgan fingerprint density at radius 1 is 1.18 bits per heavy atom.